The van der Waals surface area contributed by atoms with Crippen LogP contribution in [-0.2, 0) is 9.53 Å². The van der Waals surface area contributed by atoms with Crippen LogP contribution in [0.25, 0.3) is 0 Å². The smallest absolute Gasteiger partial charge is 0.341 e. The third-order valence-electron chi connectivity index (χ3n) is 4.18. The lowest BCUT2D eigenvalue weighted by molar-refractivity contribution is -0.116. The van der Waals surface area contributed by atoms with Gasteiger partial charge >= 0.3 is 5.97 Å². The fourth-order valence-corrected chi connectivity index (χ4v) is 4.39. The van der Waals surface area contributed by atoms with Crippen molar-refractivity contribution in [1.82, 2.24) is 5.32 Å². The van der Waals surface area contributed by atoms with Crippen LogP contribution in [0, 0.1) is 0 Å². The van der Waals surface area contributed by atoms with Gasteiger partial charge in [0.15, 0.2) is 0 Å². The van der Waals surface area contributed by atoms with Crippen molar-refractivity contribution in [1.29, 1.82) is 0 Å². The summed E-state index contributed by atoms with van der Waals surface area (Å²) in [5.74, 6) is -0.268. The van der Waals surface area contributed by atoms with Crippen molar-refractivity contribution in [3.63, 3.8) is 0 Å². The maximum atomic E-state index is 12.3. The van der Waals surface area contributed by atoms with Gasteiger partial charge in [-0.25, -0.2) is 4.79 Å². The average Bonchev–Trinajstić information content (AvgIpc) is 3.18. The van der Waals surface area contributed by atoms with Crippen LogP contribution >= 0.6 is 22.7 Å². The molecule has 6 nitrogen and oxygen atoms in total. The number of esters is 1. The van der Waals surface area contributed by atoms with E-state index >= 15 is 0 Å². The summed E-state index contributed by atoms with van der Waals surface area (Å²) in [6.07, 6.45) is 2.93. The second-order valence-electron chi connectivity index (χ2n) is 6.27. The zero-order chi connectivity index (χ0) is 19.2. The van der Waals surface area contributed by atoms with Gasteiger partial charge in [0.2, 0.25) is 5.91 Å². The summed E-state index contributed by atoms with van der Waals surface area (Å²) in [4.78, 5) is 37.0. The number of rotatable bonds is 9. The van der Waals surface area contributed by atoms with E-state index in [0.717, 1.165) is 18.4 Å². The maximum absolute atomic E-state index is 12.3. The predicted octanol–water partition coefficient (Wildman–Crippen LogP) is 4.01. The van der Waals surface area contributed by atoms with Crippen molar-refractivity contribution in [3.05, 3.63) is 38.9 Å². The average molecular weight is 407 g/mol. The van der Waals surface area contributed by atoms with Crippen molar-refractivity contribution < 1.29 is 19.1 Å². The second-order valence-corrected chi connectivity index (χ2v) is 8.10. The van der Waals surface area contributed by atoms with Gasteiger partial charge in [0, 0.05) is 13.0 Å². The summed E-state index contributed by atoms with van der Waals surface area (Å²) in [5.41, 5.74) is 1.49. The lowest BCUT2D eigenvalue weighted by Crippen LogP contribution is -2.24. The molecule has 1 fully saturated rings. The van der Waals surface area contributed by atoms with Crippen molar-refractivity contribution >= 4 is 45.5 Å². The van der Waals surface area contributed by atoms with Crippen molar-refractivity contribution in [2.75, 3.05) is 18.5 Å². The largest absolute Gasteiger partial charge is 0.462 e. The highest BCUT2D eigenvalue weighted by Gasteiger charge is 2.32. The van der Waals surface area contributed by atoms with Gasteiger partial charge in [0.05, 0.1) is 17.0 Å². The second kappa shape index (κ2) is 9.14. The predicted molar refractivity (Wildman–Crippen MR) is 107 cm³/mol. The number of nitrogens with one attached hydrogen (secondary N) is 2. The SMILES string of the molecule is CCOC(=O)c1c(C2CC2)csc1NC(=O)CCCNC(=O)c1cccs1. The van der Waals surface area contributed by atoms with Gasteiger partial charge in [0.25, 0.3) is 5.91 Å². The molecule has 2 N–H and O–H groups in total. The number of hydrogen-bond acceptors (Lipinski definition) is 6. The molecule has 0 bridgehead atoms. The number of hydrogen-bond donors (Lipinski definition) is 2. The molecule has 1 saturated carbocycles. The minimum atomic E-state index is -0.376. The van der Waals surface area contributed by atoms with Gasteiger partial charge in [-0.15, -0.1) is 22.7 Å². The molecule has 1 aliphatic rings. The van der Waals surface area contributed by atoms with Gasteiger partial charge in [-0.1, -0.05) is 6.07 Å². The van der Waals surface area contributed by atoms with E-state index < -0.39 is 0 Å². The molecule has 3 rings (SSSR count). The van der Waals surface area contributed by atoms with E-state index in [1.54, 1.807) is 13.0 Å². The summed E-state index contributed by atoms with van der Waals surface area (Å²) in [6, 6.07) is 3.59. The standard InChI is InChI=1S/C19H22N2O4S2/c1-2-25-19(24)16-13(12-7-8-12)11-27-18(16)21-15(22)6-3-9-20-17(23)14-5-4-10-26-14/h4-5,10-12H,2-3,6-9H2,1H3,(H,20,23)(H,21,22). The molecule has 0 saturated heterocycles. The van der Waals surface area contributed by atoms with Gasteiger partial charge < -0.3 is 15.4 Å². The topological polar surface area (TPSA) is 84.5 Å². The van der Waals surface area contributed by atoms with Crippen LogP contribution in [0.1, 0.15) is 64.1 Å². The van der Waals surface area contributed by atoms with E-state index in [4.69, 9.17) is 4.74 Å². The number of anilines is 1. The number of thiophene rings is 2. The quantitative estimate of drug-likeness (QED) is 0.487. The molecule has 0 unspecified atom stereocenters. The minimum absolute atomic E-state index is 0.123. The Balaban J connectivity index is 1.50. The number of carbonyl (C=O) groups excluding carboxylic acids is 3. The molecule has 0 aromatic carbocycles. The number of ether oxygens (including phenoxy) is 1. The highest BCUT2D eigenvalue weighted by molar-refractivity contribution is 7.15. The first-order chi connectivity index (χ1) is 13.1. The van der Waals surface area contributed by atoms with Crippen LogP contribution < -0.4 is 10.6 Å². The van der Waals surface area contributed by atoms with Crippen molar-refractivity contribution in [2.45, 2.75) is 38.5 Å². The Morgan fingerprint density at radius 3 is 2.74 bits per heavy atom. The molecule has 0 atom stereocenters. The van der Waals surface area contributed by atoms with Crippen molar-refractivity contribution in [3.8, 4) is 0 Å². The normalized spacial score (nSPS) is 13.2. The van der Waals surface area contributed by atoms with E-state index in [9.17, 15) is 14.4 Å². The van der Waals surface area contributed by atoms with E-state index in [2.05, 4.69) is 10.6 Å². The Morgan fingerprint density at radius 2 is 2.07 bits per heavy atom. The molecule has 1 aliphatic carbocycles. The fourth-order valence-electron chi connectivity index (χ4n) is 2.71. The first kappa shape index (κ1) is 19.6. The first-order valence-corrected chi connectivity index (χ1v) is 10.8. The van der Waals surface area contributed by atoms with Crippen LogP contribution in [0.4, 0.5) is 5.00 Å². The molecule has 2 heterocycles. The highest BCUT2D eigenvalue weighted by atomic mass is 32.1. The Morgan fingerprint density at radius 1 is 1.26 bits per heavy atom. The lowest BCUT2D eigenvalue weighted by atomic mass is 10.1. The molecule has 144 valence electrons. The molecule has 0 radical (unpaired) electrons. The summed E-state index contributed by atoms with van der Waals surface area (Å²) in [5, 5.41) is 9.99. The van der Waals surface area contributed by atoms with Gasteiger partial charge in [-0.05, 0) is 54.5 Å². The summed E-state index contributed by atoms with van der Waals surface area (Å²) in [7, 11) is 0. The molecule has 2 aromatic rings. The minimum Gasteiger partial charge on any atom is -0.462 e. The third-order valence-corrected chi connectivity index (χ3v) is 5.96. The first-order valence-electron chi connectivity index (χ1n) is 9.00. The zero-order valence-electron chi connectivity index (χ0n) is 15.1. The molecule has 27 heavy (non-hydrogen) atoms. The maximum Gasteiger partial charge on any atom is 0.341 e. The van der Waals surface area contributed by atoms with E-state index in [1.807, 2.05) is 16.8 Å². The molecular weight excluding hydrogens is 384 g/mol. The monoisotopic (exact) mass is 406 g/mol. The highest BCUT2D eigenvalue weighted by Crippen LogP contribution is 2.46. The fraction of sp³-hybridized carbons (Fsp3) is 0.421. The van der Waals surface area contributed by atoms with Crippen LogP contribution in [0.5, 0.6) is 0 Å². The van der Waals surface area contributed by atoms with Gasteiger partial charge in [0.1, 0.15) is 5.00 Å². The van der Waals surface area contributed by atoms with Gasteiger partial charge in [-0.3, -0.25) is 9.59 Å². The molecular formula is C19H22N2O4S2. The van der Waals surface area contributed by atoms with E-state index in [-0.39, 0.29) is 24.2 Å². The lowest BCUT2D eigenvalue weighted by Gasteiger charge is -2.08. The third kappa shape index (κ3) is 5.17. The summed E-state index contributed by atoms with van der Waals surface area (Å²) >= 11 is 2.75. The summed E-state index contributed by atoms with van der Waals surface area (Å²) in [6.45, 7) is 2.49. The van der Waals surface area contributed by atoms with Crippen LogP contribution in [0.15, 0.2) is 22.9 Å². The van der Waals surface area contributed by atoms with Crippen LogP contribution in [-0.4, -0.2) is 30.9 Å². The molecule has 2 aromatic heterocycles. The Hall–Kier alpha value is -2.19. The van der Waals surface area contributed by atoms with E-state index in [0.29, 0.717) is 40.9 Å². The molecule has 2 amide bonds. The van der Waals surface area contributed by atoms with Crippen LogP contribution in [0.3, 0.4) is 0 Å². The number of amides is 2. The zero-order valence-corrected chi connectivity index (χ0v) is 16.7. The van der Waals surface area contributed by atoms with Crippen LogP contribution in [0.2, 0.25) is 0 Å². The Kier molecular flexibility index (Phi) is 6.63. The molecule has 8 heteroatoms. The van der Waals surface area contributed by atoms with Crippen molar-refractivity contribution in [2.24, 2.45) is 0 Å². The Labute approximate surface area is 165 Å². The molecule has 0 spiro atoms. The summed E-state index contributed by atoms with van der Waals surface area (Å²) < 4.78 is 5.16. The molecule has 0 aliphatic heterocycles. The Bertz CT molecular complexity index is 810. The van der Waals surface area contributed by atoms with Gasteiger partial charge in [-0.2, -0.15) is 0 Å². The van der Waals surface area contributed by atoms with E-state index in [1.165, 1.54) is 22.7 Å². The number of carbonyl (C=O) groups is 3.